The van der Waals surface area contributed by atoms with Crippen molar-refractivity contribution in [3.8, 4) is 28.3 Å². The molecule has 3 nitrogen and oxygen atoms in total. The molecular weight excluding hydrogens is 640 g/mol. The number of methoxy groups -OCH3 is 1. The minimum atomic E-state index is -0.400. The Kier molecular flexibility index (Phi) is 7.40. The molecule has 1 aliphatic carbocycles. The smallest absolute Gasteiger partial charge is 0.103 e. The predicted molar refractivity (Wildman–Crippen MR) is 144 cm³/mol. The molecule has 0 saturated carbocycles. The second-order valence-corrected chi connectivity index (χ2v) is 9.38. The maximum atomic E-state index is 14.6. The number of aromatic nitrogens is 2. The summed E-state index contributed by atoms with van der Waals surface area (Å²) in [5.74, 6) is 0.638. The molecule has 5 heteroatoms. The molecular formula is C32H27FIrN2O-2. The Morgan fingerprint density at radius 3 is 2.35 bits per heavy atom. The van der Waals surface area contributed by atoms with Crippen LogP contribution in [0.25, 0.3) is 33.3 Å². The van der Waals surface area contributed by atoms with Crippen LogP contribution in [0.5, 0.6) is 5.75 Å². The molecule has 0 fully saturated rings. The van der Waals surface area contributed by atoms with Crippen LogP contribution in [0.15, 0.2) is 85.2 Å². The topological polar surface area (TPSA) is 35.0 Å². The molecule has 2 heterocycles. The first-order valence-electron chi connectivity index (χ1n) is 11.8. The Balaban J connectivity index is 0.000000178. The first-order chi connectivity index (χ1) is 17.3. The fourth-order valence-corrected chi connectivity index (χ4v) is 5.02. The Bertz CT molecular complexity index is 1580. The molecule has 0 bridgehead atoms. The number of fused-ring (bicyclic) bond motifs is 2. The summed E-state index contributed by atoms with van der Waals surface area (Å²) in [4.78, 5) is 8.83. The number of pyridine rings is 2. The summed E-state index contributed by atoms with van der Waals surface area (Å²) < 4.78 is 19.7. The average Bonchev–Trinajstić information content (AvgIpc) is 2.90. The first-order valence-corrected chi connectivity index (χ1v) is 11.8. The van der Waals surface area contributed by atoms with E-state index in [1.807, 2.05) is 48.5 Å². The summed E-state index contributed by atoms with van der Waals surface area (Å²) >= 11 is 0. The number of halogens is 1. The van der Waals surface area contributed by atoms with Gasteiger partial charge in [0.1, 0.15) is 5.82 Å². The number of nitrogens with zero attached hydrogens (tertiary/aromatic N) is 2. The van der Waals surface area contributed by atoms with Crippen LogP contribution in [-0.4, -0.2) is 17.1 Å². The van der Waals surface area contributed by atoms with Crippen molar-refractivity contribution in [2.24, 2.45) is 0 Å². The minimum absolute atomic E-state index is 0. The van der Waals surface area contributed by atoms with Crippen LogP contribution >= 0.6 is 0 Å². The second-order valence-electron chi connectivity index (χ2n) is 9.38. The molecule has 37 heavy (non-hydrogen) atoms. The van der Waals surface area contributed by atoms with E-state index in [1.54, 1.807) is 25.6 Å². The molecule has 5 aromatic rings. The van der Waals surface area contributed by atoms with Crippen LogP contribution in [0.4, 0.5) is 4.39 Å². The first kappa shape index (κ1) is 26.4. The Morgan fingerprint density at radius 2 is 1.62 bits per heavy atom. The summed E-state index contributed by atoms with van der Waals surface area (Å²) in [6.07, 6.45) is 3.56. The molecule has 0 N–H and O–H groups in total. The Morgan fingerprint density at radius 1 is 0.838 bits per heavy atom. The van der Waals surface area contributed by atoms with Crippen LogP contribution in [-0.2, 0) is 25.5 Å². The monoisotopic (exact) mass is 667 g/mol. The third kappa shape index (κ3) is 4.61. The van der Waals surface area contributed by atoms with Gasteiger partial charge in [0.2, 0.25) is 0 Å². The standard InChI is InChI=1S/C19H15FN.C13H12NO.Ir/c1-11-7-8-14(20)17-15(11)18-16-12(9-10-21-18)5-4-6-13(16)19(17,2)3;1-10-6-7-11(15-2)9-12(10)13-5-3-4-8-14-13;/h4-10H,1H2,2-3H3;3-9H,1H2,2H3;/q2*-1;. The molecule has 0 aliphatic heterocycles. The van der Waals surface area contributed by atoms with Crippen molar-refractivity contribution in [1.82, 2.24) is 9.97 Å². The van der Waals surface area contributed by atoms with Crippen molar-refractivity contribution >= 4 is 10.8 Å². The fourth-order valence-electron chi connectivity index (χ4n) is 5.02. The van der Waals surface area contributed by atoms with Gasteiger partial charge in [-0.2, -0.15) is 37.1 Å². The van der Waals surface area contributed by atoms with Crippen molar-refractivity contribution < 1.29 is 29.2 Å². The van der Waals surface area contributed by atoms with Crippen LogP contribution in [0, 0.1) is 19.7 Å². The van der Waals surface area contributed by atoms with Gasteiger partial charge in [-0.3, -0.25) is 9.97 Å². The Labute approximate surface area is 231 Å². The quantitative estimate of drug-likeness (QED) is 0.181. The zero-order chi connectivity index (χ0) is 25.4. The van der Waals surface area contributed by atoms with E-state index in [2.05, 4.69) is 49.8 Å². The number of hydrogen-bond acceptors (Lipinski definition) is 3. The summed E-state index contributed by atoms with van der Waals surface area (Å²) in [6, 6.07) is 23.0. The summed E-state index contributed by atoms with van der Waals surface area (Å²) in [5, 5.41) is 2.26. The van der Waals surface area contributed by atoms with E-state index < -0.39 is 5.41 Å². The van der Waals surface area contributed by atoms with Gasteiger partial charge in [0.15, 0.2) is 0 Å². The van der Waals surface area contributed by atoms with Gasteiger partial charge in [0, 0.05) is 49.3 Å². The molecule has 189 valence electrons. The number of ether oxygens (including phenoxy) is 1. The van der Waals surface area contributed by atoms with E-state index in [1.165, 1.54) is 6.07 Å². The molecule has 0 saturated heterocycles. The largest absolute Gasteiger partial charge is 0.499 e. The van der Waals surface area contributed by atoms with Gasteiger partial charge in [0.05, 0.1) is 12.9 Å². The molecule has 2 aromatic heterocycles. The molecule has 3 aromatic carbocycles. The van der Waals surface area contributed by atoms with Gasteiger partial charge in [-0.25, -0.2) is 4.39 Å². The van der Waals surface area contributed by atoms with Gasteiger partial charge in [-0.1, -0.05) is 67.4 Å². The van der Waals surface area contributed by atoms with E-state index >= 15 is 0 Å². The molecule has 0 unspecified atom stereocenters. The Hall–Kier alpha value is -3.66. The number of rotatable bonds is 2. The van der Waals surface area contributed by atoms with Crippen molar-refractivity contribution in [2.45, 2.75) is 19.3 Å². The van der Waals surface area contributed by atoms with Crippen molar-refractivity contribution in [3.05, 3.63) is 127 Å². The van der Waals surface area contributed by atoms with Gasteiger partial charge in [-0.15, -0.1) is 0 Å². The van der Waals surface area contributed by atoms with Gasteiger partial charge < -0.3 is 4.74 Å². The van der Waals surface area contributed by atoms with E-state index in [-0.39, 0.29) is 25.9 Å². The summed E-state index contributed by atoms with van der Waals surface area (Å²) in [7, 11) is 1.65. The van der Waals surface area contributed by atoms with Crippen LogP contribution < -0.4 is 4.74 Å². The fraction of sp³-hybridized carbons (Fsp3) is 0.125. The van der Waals surface area contributed by atoms with Crippen LogP contribution in [0.3, 0.4) is 0 Å². The molecule has 6 rings (SSSR count). The number of hydrogen-bond donors (Lipinski definition) is 0. The average molecular weight is 667 g/mol. The second kappa shape index (κ2) is 10.4. The predicted octanol–water partition coefficient (Wildman–Crippen LogP) is 7.80. The normalized spacial score (nSPS) is 12.5. The van der Waals surface area contributed by atoms with Gasteiger partial charge in [-0.05, 0) is 40.1 Å². The van der Waals surface area contributed by atoms with Gasteiger partial charge >= 0.3 is 0 Å². The molecule has 0 atom stereocenters. The molecule has 0 spiro atoms. The van der Waals surface area contributed by atoms with E-state index in [0.29, 0.717) is 5.56 Å². The van der Waals surface area contributed by atoms with Crippen molar-refractivity contribution in [1.29, 1.82) is 0 Å². The summed E-state index contributed by atoms with van der Waals surface area (Å²) in [5.41, 5.74) is 6.84. The van der Waals surface area contributed by atoms with Gasteiger partial charge in [0.25, 0.3) is 0 Å². The minimum Gasteiger partial charge on any atom is -0.499 e. The van der Waals surface area contributed by atoms with E-state index in [0.717, 1.165) is 55.7 Å². The molecule has 0 amide bonds. The molecule has 1 aliphatic rings. The zero-order valence-electron chi connectivity index (χ0n) is 21.0. The number of benzene rings is 3. The van der Waals surface area contributed by atoms with E-state index in [4.69, 9.17) is 4.74 Å². The van der Waals surface area contributed by atoms with Crippen molar-refractivity contribution in [3.63, 3.8) is 0 Å². The summed E-state index contributed by atoms with van der Waals surface area (Å²) in [6.45, 7) is 12.2. The van der Waals surface area contributed by atoms with Crippen LogP contribution in [0.2, 0.25) is 0 Å². The van der Waals surface area contributed by atoms with Crippen LogP contribution in [0.1, 0.15) is 36.1 Å². The SMILES string of the molecule is [CH2-]c1ccc(F)c2c1-c1nccc3cccc(c13)C2(C)C.[CH2-]c1ccc(OC)cc1-c1ccccn1.[Ir]. The zero-order valence-corrected chi connectivity index (χ0v) is 23.4. The maximum absolute atomic E-state index is 14.6. The molecule has 1 radical (unpaired) electrons. The maximum Gasteiger partial charge on any atom is 0.103 e. The third-order valence-electron chi connectivity index (χ3n) is 6.83. The third-order valence-corrected chi connectivity index (χ3v) is 6.83. The van der Waals surface area contributed by atoms with E-state index in [9.17, 15) is 4.39 Å². The van der Waals surface area contributed by atoms with Crippen molar-refractivity contribution in [2.75, 3.05) is 7.11 Å².